The highest BCUT2D eigenvalue weighted by Crippen LogP contribution is 2.34. The van der Waals surface area contributed by atoms with Gasteiger partial charge in [-0.2, -0.15) is 0 Å². The maximum Gasteiger partial charge on any atom is 0.170 e. The highest BCUT2D eigenvalue weighted by Gasteiger charge is 2.12. The van der Waals surface area contributed by atoms with Crippen LogP contribution in [0.4, 0.5) is 0 Å². The van der Waals surface area contributed by atoms with E-state index in [1.807, 2.05) is 31.3 Å². The lowest BCUT2D eigenvalue weighted by atomic mass is 10.0. The van der Waals surface area contributed by atoms with Gasteiger partial charge in [-0.05, 0) is 61.1 Å². The molecule has 3 rings (SSSR count). The minimum atomic E-state index is 0.689. The fourth-order valence-corrected chi connectivity index (χ4v) is 2.78. The maximum absolute atomic E-state index is 6.03. The fraction of sp³-hybridized carbons (Fsp3) is 0.333. The third kappa shape index (κ3) is 4.47. The topological polar surface area (TPSA) is 48.2 Å². The molecule has 0 radical (unpaired) electrons. The minimum absolute atomic E-state index is 0.689. The molecule has 0 atom stereocenters. The van der Waals surface area contributed by atoms with Crippen molar-refractivity contribution in [2.24, 2.45) is 5.92 Å². The number of benzene rings is 1. The quantitative estimate of drug-likeness (QED) is 0.532. The Morgan fingerprint density at radius 1 is 1.04 bits per heavy atom. The molecule has 0 aliphatic heterocycles. The van der Waals surface area contributed by atoms with E-state index in [1.54, 1.807) is 6.20 Å². The van der Waals surface area contributed by atoms with E-state index in [2.05, 4.69) is 42.2 Å². The molecule has 3 aromatic rings. The van der Waals surface area contributed by atoms with Gasteiger partial charge in [-0.25, -0.2) is 0 Å². The van der Waals surface area contributed by atoms with Gasteiger partial charge in [0.05, 0.1) is 18.4 Å². The van der Waals surface area contributed by atoms with Crippen LogP contribution in [0.15, 0.2) is 53.3 Å². The van der Waals surface area contributed by atoms with Crippen molar-refractivity contribution in [2.75, 3.05) is 6.61 Å². The second-order valence-corrected chi connectivity index (χ2v) is 6.66. The smallest absolute Gasteiger partial charge is 0.170 e. The molecule has 0 saturated heterocycles. The molecule has 25 heavy (non-hydrogen) atoms. The van der Waals surface area contributed by atoms with Gasteiger partial charge < -0.3 is 9.26 Å². The Morgan fingerprint density at radius 2 is 1.88 bits per heavy atom. The second kappa shape index (κ2) is 7.97. The van der Waals surface area contributed by atoms with Gasteiger partial charge in [-0.15, -0.1) is 0 Å². The Hall–Kier alpha value is -2.62. The predicted octanol–water partition coefficient (Wildman–Crippen LogP) is 5.53. The second-order valence-electron chi connectivity index (χ2n) is 6.66. The first-order valence-electron chi connectivity index (χ1n) is 8.74. The van der Waals surface area contributed by atoms with Gasteiger partial charge in [0.1, 0.15) is 5.75 Å². The predicted molar refractivity (Wildman–Crippen MR) is 99.5 cm³/mol. The molecular formula is C21H24N2O2. The number of hydrogen-bond acceptors (Lipinski definition) is 4. The average molecular weight is 336 g/mol. The summed E-state index contributed by atoms with van der Waals surface area (Å²) in [5.74, 6) is 2.23. The summed E-state index contributed by atoms with van der Waals surface area (Å²) in [5, 5.41) is 3.84. The van der Waals surface area contributed by atoms with Crippen LogP contribution in [0, 0.1) is 12.8 Å². The Labute approximate surface area is 148 Å². The fourth-order valence-electron chi connectivity index (χ4n) is 2.78. The van der Waals surface area contributed by atoms with E-state index >= 15 is 0 Å². The van der Waals surface area contributed by atoms with E-state index in [4.69, 9.17) is 9.26 Å². The summed E-state index contributed by atoms with van der Waals surface area (Å²) < 4.78 is 11.4. The van der Waals surface area contributed by atoms with Gasteiger partial charge in [0.15, 0.2) is 5.76 Å². The van der Waals surface area contributed by atoms with E-state index in [9.17, 15) is 0 Å². The number of aryl methyl sites for hydroxylation is 1. The van der Waals surface area contributed by atoms with E-state index in [0.29, 0.717) is 18.3 Å². The monoisotopic (exact) mass is 336 g/mol. The summed E-state index contributed by atoms with van der Waals surface area (Å²) in [7, 11) is 0. The Morgan fingerprint density at radius 3 is 2.60 bits per heavy atom. The minimum Gasteiger partial charge on any atom is -0.493 e. The number of nitrogens with zero attached hydrogens (tertiary/aromatic N) is 2. The normalized spacial score (nSPS) is 11.0. The van der Waals surface area contributed by atoms with E-state index in [-0.39, 0.29) is 0 Å². The zero-order chi connectivity index (χ0) is 17.6. The molecule has 4 heteroatoms. The summed E-state index contributed by atoms with van der Waals surface area (Å²) in [4.78, 5) is 4.27. The first-order valence-corrected chi connectivity index (χ1v) is 8.74. The standard InChI is InChI=1S/C21H24N2O2/c1-15(2)5-4-12-24-20-7-6-17(18-8-10-22-16(3)13-18)14-19(20)21-9-11-23-25-21/h6-11,13-15H,4-5,12H2,1-3H3. The molecule has 0 amide bonds. The average Bonchev–Trinajstić information content (AvgIpc) is 3.13. The summed E-state index contributed by atoms with van der Waals surface area (Å²) in [6, 6.07) is 12.1. The highest BCUT2D eigenvalue weighted by atomic mass is 16.5. The molecule has 1 aromatic carbocycles. The summed E-state index contributed by atoms with van der Waals surface area (Å²) >= 11 is 0. The highest BCUT2D eigenvalue weighted by molar-refractivity contribution is 5.75. The molecule has 0 unspecified atom stereocenters. The first kappa shape index (κ1) is 17.2. The Kier molecular flexibility index (Phi) is 5.49. The number of rotatable bonds is 7. The van der Waals surface area contributed by atoms with Crippen LogP contribution in [0.25, 0.3) is 22.5 Å². The van der Waals surface area contributed by atoms with Crippen LogP contribution in [0.3, 0.4) is 0 Å². The lowest BCUT2D eigenvalue weighted by Gasteiger charge is -2.12. The molecule has 0 fully saturated rings. The Balaban J connectivity index is 1.88. The van der Waals surface area contributed by atoms with Gasteiger partial charge in [0.25, 0.3) is 0 Å². The summed E-state index contributed by atoms with van der Waals surface area (Å²) in [5.41, 5.74) is 4.15. The molecule has 0 saturated carbocycles. The number of ether oxygens (including phenoxy) is 1. The molecule has 0 bridgehead atoms. The van der Waals surface area contributed by atoms with Gasteiger partial charge in [0, 0.05) is 18.0 Å². The largest absolute Gasteiger partial charge is 0.493 e. The van der Waals surface area contributed by atoms with Gasteiger partial charge in [-0.1, -0.05) is 25.1 Å². The molecule has 2 heterocycles. The van der Waals surface area contributed by atoms with Crippen LogP contribution in [0.1, 0.15) is 32.4 Å². The molecular weight excluding hydrogens is 312 g/mol. The van der Waals surface area contributed by atoms with Crippen molar-refractivity contribution in [3.8, 4) is 28.2 Å². The van der Waals surface area contributed by atoms with Crippen molar-refractivity contribution in [3.63, 3.8) is 0 Å². The van der Waals surface area contributed by atoms with Crippen molar-refractivity contribution in [2.45, 2.75) is 33.6 Å². The van der Waals surface area contributed by atoms with Crippen molar-refractivity contribution < 1.29 is 9.26 Å². The summed E-state index contributed by atoms with van der Waals surface area (Å²) in [6.45, 7) is 7.15. The molecule has 4 nitrogen and oxygen atoms in total. The van der Waals surface area contributed by atoms with E-state index in [0.717, 1.165) is 41.0 Å². The van der Waals surface area contributed by atoms with Gasteiger partial charge in [0.2, 0.25) is 0 Å². The van der Waals surface area contributed by atoms with Crippen LogP contribution in [-0.4, -0.2) is 16.7 Å². The number of pyridine rings is 1. The van der Waals surface area contributed by atoms with Crippen LogP contribution >= 0.6 is 0 Å². The van der Waals surface area contributed by atoms with E-state index in [1.165, 1.54) is 0 Å². The van der Waals surface area contributed by atoms with Crippen molar-refractivity contribution in [1.82, 2.24) is 10.1 Å². The molecule has 0 aliphatic carbocycles. The van der Waals surface area contributed by atoms with Crippen LogP contribution in [0.2, 0.25) is 0 Å². The Bertz CT molecular complexity index is 811. The van der Waals surface area contributed by atoms with Crippen molar-refractivity contribution >= 4 is 0 Å². The van der Waals surface area contributed by atoms with Crippen LogP contribution < -0.4 is 4.74 Å². The zero-order valence-corrected chi connectivity index (χ0v) is 15.0. The number of hydrogen-bond donors (Lipinski definition) is 0. The van der Waals surface area contributed by atoms with Crippen molar-refractivity contribution in [3.05, 3.63) is 54.5 Å². The van der Waals surface area contributed by atoms with Crippen LogP contribution in [-0.2, 0) is 0 Å². The van der Waals surface area contributed by atoms with Crippen LogP contribution in [0.5, 0.6) is 5.75 Å². The molecule has 0 N–H and O–H groups in total. The lowest BCUT2D eigenvalue weighted by molar-refractivity contribution is 0.297. The maximum atomic E-state index is 6.03. The number of aromatic nitrogens is 2. The lowest BCUT2D eigenvalue weighted by Crippen LogP contribution is -2.01. The molecule has 0 spiro atoms. The summed E-state index contributed by atoms with van der Waals surface area (Å²) in [6.07, 6.45) is 5.68. The molecule has 130 valence electrons. The molecule has 2 aromatic heterocycles. The van der Waals surface area contributed by atoms with E-state index < -0.39 is 0 Å². The molecule has 0 aliphatic rings. The van der Waals surface area contributed by atoms with Crippen molar-refractivity contribution in [1.29, 1.82) is 0 Å². The van der Waals surface area contributed by atoms with Gasteiger partial charge in [-0.3, -0.25) is 4.98 Å². The van der Waals surface area contributed by atoms with Gasteiger partial charge >= 0.3 is 0 Å². The first-order chi connectivity index (χ1) is 12.1. The zero-order valence-electron chi connectivity index (χ0n) is 15.0. The SMILES string of the molecule is Cc1cc(-c2ccc(OCCCC(C)C)c(-c3ccno3)c2)ccn1. The third-order valence-corrected chi connectivity index (χ3v) is 4.10. The third-order valence-electron chi connectivity index (χ3n) is 4.10.